The van der Waals surface area contributed by atoms with E-state index in [1.54, 1.807) is 6.07 Å². The normalized spacial score (nSPS) is 13.8. The fourth-order valence-corrected chi connectivity index (χ4v) is 1.54. The fraction of sp³-hybridized carbons (Fsp3) is 0.500. The predicted octanol–water partition coefficient (Wildman–Crippen LogP) is 3.90. The van der Waals surface area contributed by atoms with Gasteiger partial charge in [-0.1, -0.05) is 31.9 Å². The number of alkyl halides is 3. The molecule has 16 heavy (non-hydrogen) atoms. The zero-order valence-electron chi connectivity index (χ0n) is 9.22. The number of hydrogen-bond donors (Lipinski definition) is 1. The molecule has 0 aliphatic rings. The lowest BCUT2D eigenvalue weighted by atomic mass is 10.00. The quantitative estimate of drug-likeness (QED) is 0.835. The Morgan fingerprint density at radius 2 is 2.00 bits per heavy atom. The van der Waals surface area contributed by atoms with Crippen molar-refractivity contribution in [2.75, 3.05) is 0 Å². The number of hydrogen-bond acceptors (Lipinski definition) is 1. The molecule has 0 amide bonds. The van der Waals surface area contributed by atoms with Crippen LogP contribution in [0.3, 0.4) is 0 Å². The van der Waals surface area contributed by atoms with Crippen LogP contribution in [0.4, 0.5) is 13.2 Å². The van der Waals surface area contributed by atoms with Crippen LogP contribution < -0.4 is 5.73 Å². The number of halogens is 3. The summed E-state index contributed by atoms with van der Waals surface area (Å²) in [6.45, 7) is 2.03. The first-order valence-corrected chi connectivity index (χ1v) is 5.38. The minimum atomic E-state index is -4.29. The summed E-state index contributed by atoms with van der Waals surface area (Å²) in [6, 6.07) is 4.96. The van der Waals surface area contributed by atoms with Gasteiger partial charge in [0.2, 0.25) is 0 Å². The van der Waals surface area contributed by atoms with Gasteiger partial charge in [-0.15, -0.1) is 0 Å². The van der Waals surface area contributed by atoms with E-state index < -0.39 is 11.7 Å². The van der Waals surface area contributed by atoms with Gasteiger partial charge in [0.25, 0.3) is 0 Å². The van der Waals surface area contributed by atoms with Crippen molar-refractivity contribution in [3.63, 3.8) is 0 Å². The monoisotopic (exact) mass is 231 g/mol. The minimum absolute atomic E-state index is 0.303. The molecule has 1 aromatic rings. The highest BCUT2D eigenvalue weighted by Crippen LogP contribution is 2.31. The second-order valence-electron chi connectivity index (χ2n) is 3.87. The minimum Gasteiger partial charge on any atom is -0.324 e. The molecule has 0 spiro atoms. The molecule has 0 fully saturated rings. The summed E-state index contributed by atoms with van der Waals surface area (Å²) in [5.74, 6) is 0. The van der Waals surface area contributed by atoms with E-state index in [4.69, 9.17) is 5.73 Å². The molecule has 1 atom stereocenters. The molecule has 4 heteroatoms. The van der Waals surface area contributed by atoms with Gasteiger partial charge in [0.1, 0.15) is 0 Å². The summed E-state index contributed by atoms with van der Waals surface area (Å²) in [5, 5.41) is 0. The van der Waals surface area contributed by atoms with E-state index in [-0.39, 0.29) is 6.04 Å². The van der Waals surface area contributed by atoms with E-state index in [9.17, 15) is 13.2 Å². The molecule has 1 nitrogen and oxygen atoms in total. The summed E-state index contributed by atoms with van der Waals surface area (Å²) in [4.78, 5) is 0. The van der Waals surface area contributed by atoms with Gasteiger partial charge in [-0.2, -0.15) is 13.2 Å². The van der Waals surface area contributed by atoms with Gasteiger partial charge in [0.15, 0.2) is 0 Å². The Morgan fingerprint density at radius 3 is 2.56 bits per heavy atom. The van der Waals surface area contributed by atoms with Crippen molar-refractivity contribution in [2.45, 2.75) is 38.4 Å². The topological polar surface area (TPSA) is 26.0 Å². The van der Waals surface area contributed by atoms with E-state index in [2.05, 4.69) is 0 Å². The van der Waals surface area contributed by atoms with Crippen LogP contribution in [0, 0.1) is 0 Å². The van der Waals surface area contributed by atoms with E-state index in [1.807, 2.05) is 6.92 Å². The standard InChI is InChI=1S/C12H16F3N/c1-2-3-7-11(16)9-5-4-6-10(8-9)12(13,14)15/h4-6,8,11H,2-3,7,16H2,1H3. The molecule has 1 unspecified atom stereocenters. The first-order chi connectivity index (χ1) is 7.45. The van der Waals surface area contributed by atoms with Crippen LogP contribution in [0.15, 0.2) is 24.3 Å². The summed E-state index contributed by atoms with van der Waals surface area (Å²) in [7, 11) is 0. The van der Waals surface area contributed by atoms with Gasteiger partial charge in [-0.05, 0) is 24.1 Å². The largest absolute Gasteiger partial charge is 0.416 e. The molecule has 0 bridgehead atoms. The number of unbranched alkanes of at least 4 members (excludes halogenated alkanes) is 1. The summed E-state index contributed by atoms with van der Waals surface area (Å²) >= 11 is 0. The Hall–Kier alpha value is -1.03. The summed E-state index contributed by atoms with van der Waals surface area (Å²) in [5.41, 5.74) is 5.76. The third kappa shape index (κ3) is 3.52. The van der Waals surface area contributed by atoms with Gasteiger partial charge in [0, 0.05) is 6.04 Å². The SMILES string of the molecule is CCCCC(N)c1cccc(C(F)(F)F)c1. The van der Waals surface area contributed by atoms with E-state index >= 15 is 0 Å². The van der Waals surface area contributed by atoms with Gasteiger partial charge in [0.05, 0.1) is 5.56 Å². The Bertz CT molecular complexity index is 333. The van der Waals surface area contributed by atoms with Crippen molar-refractivity contribution in [1.29, 1.82) is 0 Å². The van der Waals surface area contributed by atoms with Gasteiger partial charge < -0.3 is 5.73 Å². The zero-order chi connectivity index (χ0) is 12.2. The van der Waals surface area contributed by atoms with Crippen LogP contribution in [0.25, 0.3) is 0 Å². The lowest BCUT2D eigenvalue weighted by Gasteiger charge is -2.14. The maximum atomic E-state index is 12.4. The molecular formula is C12H16F3N. The molecule has 0 aliphatic heterocycles. The first kappa shape index (κ1) is 13.0. The molecule has 90 valence electrons. The maximum Gasteiger partial charge on any atom is 0.416 e. The highest BCUT2D eigenvalue weighted by molar-refractivity contribution is 5.27. The van der Waals surface area contributed by atoms with Crippen molar-refractivity contribution < 1.29 is 13.2 Å². The summed E-state index contributed by atoms with van der Waals surface area (Å²) < 4.78 is 37.3. The molecule has 2 N–H and O–H groups in total. The van der Waals surface area contributed by atoms with Crippen molar-refractivity contribution in [2.24, 2.45) is 5.73 Å². The third-order valence-corrected chi connectivity index (χ3v) is 2.51. The summed E-state index contributed by atoms with van der Waals surface area (Å²) in [6.07, 6.45) is -1.65. The van der Waals surface area contributed by atoms with Crippen LogP contribution in [0.2, 0.25) is 0 Å². The second-order valence-corrected chi connectivity index (χ2v) is 3.87. The van der Waals surface area contributed by atoms with Gasteiger partial charge in [-0.3, -0.25) is 0 Å². The predicted molar refractivity (Wildman–Crippen MR) is 57.9 cm³/mol. The van der Waals surface area contributed by atoms with Crippen molar-refractivity contribution in [3.05, 3.63) is 35.4 Å². The molecule has 0 heterocycles. The van der Waals surface area contributed by atoms with Crippen molar-refractivity contribution >= 4 is 0 Å². The Kier molecular flexibility index (Phi) is 4.35. The molecule has 0 saturated carbocycles. The number of nitrogens with two attached hydrogens (primary N) is 1. The van der Waals surface area contributed by atoms with Gasteiger partial charge in [-0.25, -0.2) is 0 Å². The maximum absolute atomic E-state index is 12.4. The average molecular weight is 231 g/mol. The molecule has 1 aromatic carbocycles. The molecule has 0 aliphatic carbocycles. The highest BCUT2D eigenvalue weighted by Gasteiger charge is 2.30. The molecular weight excluding hydrogens is 215 g/mol. The lowest BCUT2D eigenvalue weighted by molar-refractivity contribution is -0.137. The van der Waals surface area contributed by atoms with Crippen LogP contribution in [-0.4, -0.2) is 0 Å². The highest BCUT2D eigenvalue weighted by atomic mass is 19.4. The number of benzene rings is 1. The van der Waals surface area contributed by atoms with Gasteiger partial charge >= 0.3 is 6.18 Å². The van der Waals surface area contributed by atoms with Crippen molar-refractivity contribution in [3.8, 4) is 0 Å². The van der Waals surface area contributed by atoms with Crippen LogP contribution in [0.1, 0.15) is 43.4 Å². The third-order valence-electron chi connectivity index (χ3n) is 2.51. The second kappa shape index (κ2) is 5.34. The molecule has 0 radical (unpaired) electrons. The smallest absolute Gasteiger partial charge is 0.324 e. The first-order valence-electron chi connectivity index (χ1n) is 5.38. The fourth-order valence-electron chi connectivity index (χ4n) is 1.54. The zero-order valence-corrected chi connectivity index (χ0v) is 9.22. The Balaban J connectivity index is 2.82. The van der Waals surface area contributed by atoms with E-state index in [0.29, 0.717) is 5.56 Å². The van der Waals surface area contributed by atoms with Crippen molar-refractivity contribution in [1.82, 2.24) is 0 Å². The van der Waals surface area contributed by atoms with Crippen LogP contribution >= 0.6 is 0 Å². The molecule has 0 saturated heterocycles. The number of rotatable bonds is 4. The Labute approximate surface area is 93.5 Å². The molecule has 0 aromatic heterocycles. The van der Waals surface area contributed by atoms with E-state index in [1.165, 1.54) is 6.07 Å². The average Bonchev–Trinajstić information content (AvgIpc) is 2.25. The Morgan fingerprint density at radius 1 is 1.31 bits per heavy atom. The lowest BCUT2D eigenvalue weighted by Crippen LogP contribution is -2.12. The van der Waals surface area contributed by atoms with Crippen LogP contribution in [0.5, 0.6) is 0 Å². The van der Waals surface area contributed by atoms with E-state index in [0.717, 1.165) is 31.4 Å². The van der Waals surface area contributed by atoms with Crippen LogP contribution in [-0.2, 0) is 6.18 Å². The molecule has 1 rings (SSSR count).